The second kappa shape index (κ2) is 8.56. The summed E-state index contributed by atoms with van der Waals surface area (Å²) in [6.45, 7) is -0.260. The van der Waals surface area contributed by atoms with Crippen molar-refractivity contribution >= 4 is 39.0 Å². The van der Waals surface area contributed by atoms with Crippen molar-refractivity contribution in [1.82, 2.24) is 9.78 Å². The number of aromatic nitrogens is 2. The number of carbonyl (C=O) groups excluding carboxylic acids is 1. The van der Waals surface area contributed by atoms with Gasteiger partial charge in [0.25, 0.3) is 0 Å². The number of methoxy groups -OCH3 is 1. The van der Waals surface area contributed by atoms with Gasteiger partial charge < -0.3 is 15.2 Å². The van der Waals surface area contributed by atoms with Crippen molar-refractivity contribution in [1.29, 1.82) is 0 Å². The predicted molar refractivity (Wildman–Crippen MR) is 108 cm³/mol. The van der Waals surface area contributed by atoms with Crippen LogP contribution in [0.1, 0.15) is 10.4 Å². The number of hydrogen-bond acceptors (Lipinski definition) is 6. The lowest BCUT2D eigenvalue weighted by atomic mass is 10.3. The zero-order chi connectivity index (χ0) is 21.9. The molecule has 1 amide bonds. The molecular formula is C19H16ClN3O6S. The van der Waals surface area contributed by atoms with Gasteiger partial charge in [-0.25, -0.2) is 13.2 Å². The first-order valence-corrected chi connectivity index (χ1v) is 10.3. The summed E-state index contributed by atoms with van der Waals surface area (Å²) < 4.78 is 32.2. The Hall–Kier alpha value is -3.37. The quantitative estimate of drug-likeness (QED) is 0.567. The Morgan fingerprint density at radius 2 is 1.87 bits per heavy atom. The molecule has 156 valence electrons. The Morgan fingerprint density at radius 1 is 1.17 bits per heavy atom. The molecular weight excluding hydrogens is 434 g/mol. The number of halogens is 1. The molecule has 3 rings (SSSR count). The first kappa shape index (κ1) is 21.3. The molecule has 0 saturated heterocycles. The molecule has 0 saturated carbocycles. The lowest BCUT2D eigenvalue weighted by molar-refractivity contribution is -0.116. The zero-order valence-electron chi connectivity index (χ0n) is 15.6. The van der Waals surface area contributed by atoms with Crippen LogP contribution in [0.4, 0.5) is 5.69 Å². The molecule has 1 heterocycles. The SMILES string of the molecule is COc1cc(NC(=O)Cn2cc(C(=O)O)cn2)cc(S(=O)(=O)c2ccc(Cl)cc2)c1. The number of carboxylic acid groups (broad SMARTS) is 1. The van der Waals surface area contributed by atoms with Gasteiger partial charge in [-0.3, -0.25) is 9.48 Å². The Balaban J connectivity index is 1.85. The van der Waals surface area contributed by atoms with E-state index < -0.39 is 21.7 Å². The van der Waals surface area contributed by atoms with Gasteiger partial charge in [-0.15, -0.1) is 0 Å². The van der Waals surface area contributed by atoms with E-state index in [4.69, 9.17) is 21.4 Å². The first-order chi connectivity index (χ1) is 14.2. The van der Waals surface area contributed by atoms with Crippen LogP contribution in [-0.2, 0) is 21.2 Å². The highest BCUT2D eigenvalue weighted by Crippen LogP contribution is 2.29. The fourth-order valence-electron chi connectivity index (χ4n) is 2.57. The van der Waals surface area contributed by atoms with Crippen molar-refractivity contribution in [2.75, 3.05) is 12.4 Å². The zero-order valence-corrected chi connectivity index (χ0v) is 17.1. The molecule has 0 spiro atoms. The Bertz CT molecular complexity index is 1210. The molecule has 0 atom stereocenters. The number of nitrogens with zero attached hydrogens (tertiary/aromatic N) is 2. The monoisotopic (exact) mass is 449 g/mol. The maximum atomic E-state index is 12.9. The van der Waals surface area contributed by atoms with Gasteiger partial charge in [0.2, 0.25) is 15.7 Å². The van der Waals surface area contributed by atoms with E-state index >= 15 is 0 Å². The smallest absolute Gasteiger partial charge is 0.338 e. The maximum Gasteiger partial charge on any atom is 0.338 e. The van der Waals surface area contributed by atoms with Gasteiger partial charge in [-0.05, 0) is 36.4 Å². The van der Waals surface area contributed by atoms with Crippen LogP contribution in [0.25, 0.3) is 0 Å². The lowest BCUT2D eigenvalue weighted by Gasteiger charge is -2.11. The van der Waals surface area contributed by atoms with Crippen molar-refractivity contribution in [3.05, 3.63) is 65.4 Å². The second-order valence-corrected chi connectivity index (χ2v) is 8.52. The molecule has 0 unspecified atom stereocenters. The maximum absolute atomic E-state index is 12.9. The summed E-state index contributed by atoms with van der Waals surface area (Å²) in [5.41, 5.74) is 0.137. The van der Waals surface area contributed by atoms with Crippen molar-refractivity contribution < 1.29 is 27.9 Å². The second-order valence-electron chi connectivity index (χ2n) is 6.13. The highest BCUT2D eigenvalue weighted by atomic mass is 35.5. The van der Waals surface area contributed by atoms with Crippen molar-refractivity contribution in [2.24, 2.45) is 0 Å². The van der Waals surface area contributed by atoms with Crippen LogP contribution in [0.2, 0.25) is 5.02 Å². The van der Waals surface area contributed by atoms with Crippen LogP contribution in [0.5, 0.6) is 5.75 Å². The fourth-order valence-corrected chi connectivity index (χ4v) is 4.02. The minimum atomic E-state index is -3.88. The third-order valence-corrected chi connectivity index (χ3v) is 6.02. The summed E-state index contributed by atoms with van der Waals surface area (Å²) in [5, 5.41) is 15.7. The average molecular weight is 450 g/mol. The lowest BCUT2D eigenvalue weighted by Crippen LogP contribution is -2.19. The molecule has 0 aliphatic rings. The van der Waals surface area contributed by atoms with Gasteiger partial charge in [0.15, 0.2) is 0 Å². The van der Waals surface area contributed by atoms with E-state index in [0.29, 0.717) is 5.02 Å². The minimum Gasteiger partial charge on any atom is -0.497 e. The molecule has 2 aromatic carbocycles. The fraction of sp³-hybridized carbons (Fsp3) is 0.105. The molecule has 11 heteroatoms. The van der Waals surface area contributed by atoms with E-state index in [-0.39, 0.29) is 33.3 Å². The summed E-state index contributed by atoms with van der Waals surface area (Å²) in [6.07, 6.45) is 2.34. The number of benzene rings is 2. The van der Waals surface area contributed by atoms with Crippen LogP contribution in [-0.4, -0.2) is 42.3 Å². The van der Waals surface area contributed by atoms with E-state index in [1.165, 1.54) is 55.8 Å². The molecule has 30 heavy (non-hydrogen) atoms. The summed E-state index contributed by atoms with van der Waals surface area (Å²) >= 11 is 5.82. The molecule has 0 fully saturated rings. The Kier molecular flexibility index (Phi) is 6.09. The molecule has 0 aliphatic heterocycles. The number of amides is 1. The summed E-state index contributed by atoms with van der Waals surface area (Å²) in [6, 6.07) is 9.80. The summed E-state index contributed by atoms with van der Waals surface area (Å²) in [4.78, 5) is 23.2. The van der Waals surface area contributed by atoms with Gasteiger partial charge >= 0.3 is 5.97 Å². The van der Waals surface area contributed by atoms with E-state index in [1.54, 1.807) is 0 Å². The standard InChI is InChI=1S/C19H16ClN3O6S/c1-29-15-6-14(22-18(24)11-23-10-12(9-21-23)19(25)26)7-17(8-15)30(27,28)16-4-2-13(20)3-5-16/h2-10H,11H2,1H3,(H,22,24)(H,25,26). The Labute approximate surface area is 176 Å². The first-order valence-electron chi connectivity index (χ1n) is 8.44. The highest BCUT2D eigenvalue weighted by molar-refractivity contribution is 7.91. The van der Waals surface area contributed by atoms with E-state index in [2.05, 4.69) is 10.4 Å². The number of carbonyl (C=O) groups is 2. The molecule has 0 bridgehead atoms. The largest absolute Gasteiger partial charge is 0.497 e. The number of rotatable bonds is 7. The van der Waals surface area contributed by atoms with Gasteiger partial charge in [0, 0.05) is 23.0 Å². The summed E-state index contributed by atoms with van der Waals surface area (Å²) in [5.74, 6) is -1.46. The van der Waals surface area contributed by atoms with Gasteiger partial charge in [-0.2, -0.15) is 5.10 Å². The number of anilines is 1. The number of nitrogens with one attached hydrogen (secondary N) is 1. The number of carboxylic acids is 1. The van der Waals surface area contributed by atoms with Gasteiger partial charge in [0.1, 0.15) is 12.3 Å². The highest BCUT2D eigenvalue weighted by Gasteiger charge is 2.20. The van der Waals surface area contributed by atoms with Gasteiger partial charge in [-0.1, -0.05) is 11.6 Å². The number of sulfone groups is 1. The number of aromatic carboxylic acids is 1. The van der Waals surface area contributed by atoms with Crippen molar-refractivity contribution in [3.63, 3.8) is 0 Å². The third kappa shape index (κ3) is 4.78. The van der Waals surface area contributed by atoms with Crippen LogP contribution in [0, 0.1) is 0 Å². The van der Waals surface area contributed by atoms with E-state index in [9.17, 15) is 18.0 Å². The molecule has 0 radical (unpaired) electrons. The molecule has 1 aromatic heterocycles. The third-order valence-electron chi connectivity index (χ3n) is 4.02. The van der Waals surface area contributed by atoms with Crippen LogP contribution >= 0.6 is 11.6 Å². The normalized spacial score (nSPS) is 11.1. The molecule has 2 N–H and O–H groups in total. The number of ether oxygens (including phenoxy) is 1. The predicted octanol–water partition coefficient (Wildman–Crippen LogP) is 2.71. The minimum absolute atomic E-state index is 0.0372. The van der Waals surface area contributed by atoms with E-state index in [0.717, 1.165) is 10.9 Å². The van der Waals surface area contributed by atoms with Crippen molar-refractivity contribution in [3.8, 4) is 5.75 Å². The average Bonchev–Trinajstić information content (AvgIpc) is 3.16. The molecule has 9 nitrogen and oxygen atoms in total. The number of hydrogen-bond donors (Lipinski definition) is 2. The van der Waals surface area contributed by atoms with Crippen molar-refractivity contribution in [2.45, 2.75) is 16.3 Å². The summed E-state index contributed by atoms with van der Waals surface area (Å²) in [7, 11) is -2.51. The molecule has 3 aromatic rings. The Morgan fingerprint density at radius 3 is 2.47 bits per heavy atom. The molecule has 0 aliphatic carbocycles. The van der Waals surface area contributed by atoms with Crippen LogP contribution in [0.3, 0.4) is 0 Å². The van der Waals surface area contributed by atoms with E-state index in [1.807, 2.05) is 0 Å². The van der Waals surface area contributed by atoms with Crippen LogP contribution in [0.15, 0.2) is 64.6 Å². The topological polar surface area (TPSA) is 128 Å². The van der Waals surface area contributed by atoms with Crippen LogP contribution < -0.4 is 10.1 Å². The van der Waals surface area contributed by atoms with Gasteiger partial charge in [0.05, 0.1) is 28.7 Å².